The number of para-hydroxylation sites is 1. The Morgan fingerprint density at radius 2 is 1.70 bits per heavy atom. The highest BCUT2D eigenvalue weighted by atomic mass is 16.2. The largest absolute Gasteiger partial charge is 0.320 e. The molecule has 5 heteroatoms. The molecule has 3 aromatic rings. The van der Waals surface area contributed by atoms with Gasteiger partial charge < -0.3 is 5.32 Å². The molecule has 3 rings (SSSR count). The van der Waals surface area contributed by atoms with Crippen LogP contribution in [0.1, 0.15) is 16.1 Å². The summed E-state index contributed by atoms with van der Waals surface area (Å²) in [5, 5.41) is 6.83. The third-order valence-corrected chi connectivity index (χ3v) is 3.35. The highest BCUT2D eigenvalue weighted by molar-refractivity contribution is 6.02. The van der Waals surface area contributed by atoms with Crippen LogP contribution in [0.25, 0.3) is 5.69 Å². The van der Waals surface area contributed by atoms with Gasteiger partial charge in [0.1, 0.15) is 0 Å². The van der Waals surface area contributed by atoms with Gasteiger partial charge in [-0.05, 0) is 31.2 Å². The molecule has 0 saturated carbocycles. The summed E-state index contributed by atoms with van der Waals surface area (Å²) in [4.78, 5) is 24.2. The van der Waals surface area contributed by atoms with E-state index in [2.05, 4.69) is 10.4 Å². The summed E-state index contributed by atoms with van der Waals surface area (Å²) in [6.45, 7) is 1.99. The van der Waals surface area contributed by atoms with E-state index < -0.39 is 11.3 Å². The molecule has 5 nitrogen and oxygen atoms in total. The molecule has 0 bridgehead atoms. The van der Waals surface area contributed by atoms with Crippen LogP contribution in [0.2, 0.25) is 0 Å². The number of aromatic nitrogens is 2. The third kappa shape index (κ3) is 3.35. The number of benzene rings is 2. The average molecular weight is 305 g/mol. The van der Waals surface area contributed by atoms with Gasteiger partial charge in [-0.1, -0.05) is 35.9 Å². The summed E-state index contributed by atoms with van der Waals surface area (Å²) in [6, 6.07) is 17.9. The minimum atomic E-state index is -0.525. The molecule has 1 aromatic heterocycles. The second kappa shape index (κ2) is 6.27. The van der Waals surface area contributed by atoms with Gasteiger partial charge in [-0.2, -0.15) is 5.10 Å². The number of hydrogen-bond acceptors (Lipinski definition) is 3. The van der Waals surface area contributed by atoms with Gasteiger partial charge in [-0.25, -0.2) is 4.68 Å². The minimum absolute atomic E-state index is 0.142. The van der Waals surface area contributed by atoms with Crippen molar-refractivity contribution in [3.8, 4) is 5.69 Å². The number of carbonyl (C=O) groups excluding carboxylic acids is 1. The standard InChI is InChI=1S/C18H15N3O2/c1-13-7-9-15(10-8-13)21-12-11-16(22)17(20-21)18(23)19-14-5-3-2-4-6-14/h2-12H,1H3,(H,19,23). The Morgan fingerprint density at radius 3 is 2.39 bits per heavy atom. The first-order valence-corrected chi connectivity index (χ1v) is 7.17. The van der Waals surface area contributed by atoms with E-state index in [9.17, 15) is 9.59 Å². The fourth-order valence-corrected chi connectivity index (χ4v) is 2.12. The summed E-state index contributed by atoms with van der Waals surface area (Å²) >= 11 is 0. The lowest BCUT2D eigenvalue weighted by Crippen LogP contribution is -2.25. The van der Waals surface area contributed by atoms with Gasteiger partial charge in [0.15, 0.2) is 5.69 Å². The zero-order chi connectivity index (χ0) is 16.2. The predicted octanol–water partition coefficient (Wildman–Crippen LogP) is 2.79. The molecule has 114 valence electrons. The predicted molar refractivity (Wildman–Crippen MR) is 89.0 cm³/mol. The van der Waals surface area contributed by atoms with Crippen LogP contribution in [0.3, 0.4) is 0 Å². The molecule has 0 radical (unpaired) electrons. The molecule has 0 fully saturated rings. The van der Waals surface area contributed by atoms with Crippen molar-refractivity contribution < 1.29 is 4.79 Å². The van der Waals surface area contributed by atoms with Gasteiger partial charge in [-0.15, -0.1) is 0 Å². The Balaban J connectivity index is 1.93. The summed E-state index contributed by atoms with van der Waals surface area (Å²) < 4.78 is 1.51. The zero-order valence-corrected chi connectivity index (χ0v) is 12.6. The van der Waals surface area contributed by atoms with E-state index in [4.69, 9.17) is 0 Å². The number of hydrogen-bond donors (Lipinski definition) is 1. The van der Waals surface area contributed by atoms with E-state index in [1.54, 1.807) is 30.5 Å². The average Bonchev–Trinajstić information content (AvgIpc) is 2.57. The number of amides is 1. The third-order valence-electron chi connectivity index (χ3n) is 3.35. The van der Waals surface area contributed by atoms with Crippen molar-refractivity contribution in [1.29, 1.82) is 0 Å². The molecule has 1 amide bonds. The molecule has 0 aliphatic rings. The number of carbonyl (C=O) groups is 1. The highest BCUT2D eigenvalue weighted by Gasteiger charge is 2.13. The minimum Gasteiger partial charge on any atom is -0.320 e. The highest BCUT2D eigenvalue weighted by Crippen LogP contribution is 2.09. The van der Waals surface area contributed by atoms with Crippen molar-refractivity contribution in [2.24, 2.45) is 0 Å². The summed E-state index contributed by atoms with van der Waals surface area (Å²) in [5.74, 6) is -0.525. The molecule has 1 heterocycles. The molecule has 1 N–H and O–H groups in total. The smallest absolute Gasteiger partial charge is 0.280 e. The molecule has 23 heavy (non-hydrogen) atoms. The molecular formula is C18H15N3O2. The summed E-state index contributed by atoms with van der Waals surface area (Å²) in [5.41, 5.74) is 1.96. The fourth-order valence-electron chi connectivity index (χ4n) is 2.12. The van der Waals surface area contributed by atoms with Crippen molar-refractivity contribution in [1.82, 2.24) is 9.78 Å². The van der Waals surface area contributed by atoms with Crippen LogP contribution in [0.15, 0.2) is 71.7 Å². The van der Waals surface area contributed by atoms with Crippen molar-refractivity contribution in [2.45, 2.75) is 6.92 Å². The van der Waals surface area contributed by atoms with Crippen LogP contribution in [-0.2, 0) is 0 Å². The fraction of sp³-hybridized carbons (Fsp3) is 0.0556. The van der Waals surface area contributed by atoms with Gasteiger partial charge in [0.05, 0.1) is 5.69 Å². The number of anilines is 1. The zero-order valence-electron chi connectivity index (χ0n) is 12.6. The maximum absolute atomic E-state index is 12.3. The number of nitrogens with zero attached hydrogens (tertiary/aromatic N) is 2. The first-order chi connectivity index (χ1) is 11.1. The van der Waals surface area contributed by atoms with Gasteiger partial charge >= 0.3 is 0 Å². The first-order valence-electron chi connectivity index (χ1n) is 7.17. The molecule has 0 spiro atoms. The van der Waals surface area contributed by atoms with Crippen molar-refractivity contribution in [3.63, 3.8) is 0 Å². The maximum Gasteiger partial charge on any atom is 0.280 e. The van der Waals surface area contributed by atoms with Crippen LogP contribution < -0.4 is 10.7 Å². The van der Waals surface area contributed by atoms with Crippen LogP contribution in [-0.4, -0.2) is 15.7 Å². The molecule has 0 aliphatic heterocycles. The van der Waals surface area contributed by atoms with Crippen LogP contribution in [0.5, 0.6) is 0 Å². The van der Waals surface area contributed by atoms with E-state index in [-0.39, 0.29) is 5.69 Å². The molecular weight excluding hydrogens is 290 g/mol. The van der Waals surface area contributed by atoms with Crippen LogP contribution >= 0.6 is 0 Å². The lowest BCUT2D eigenvalue weighted by molar-refractivity contribution is 0.101. The Morgan fingerprint density at radius 1 is 1.00 bits per heavy atom. The number of nitrogens with one attached hydrogen (secondary N) is 1. The van der Waals surface area contributed by atoms with Gasteiger partial charge in [0.25, 0.3) is 5.91 Å². The van der Waals surface area contributed by atoms with Gasteiger partial charge in [0.2, 0.25) is 5.43 Å². The van der Waals surface area contributed by atoms with E-state index in [1.807, 2.05) is 37.3 Å². The topological polar surface area (TPSA) is 64.0 Å². The SMILES string of the molecule is Cc1ccc(-n2ccc(=O)c(C(=O)Nc3ccccc3)n2)cc1. The maximum atomic E-state index is 12.3. The number of aryl methyl sites for hydroxylation is 1. The molecule has 0 saturated heterocycles. The second-order valence-electron chi connectivity index (χ2n) is 5.13. The first kappa shape index (κ1) is 14.7. The Hall–Kier alpha value is -3.21. The lowest BCUT2D eigenvalue weighted by Gasteiger charge is -2.08. The van der Waals surface area contributed by atoms with Gasteiger partial charge in [0, 0.05) is 18.0 Å². The van der Waals surface area contributed by atoms with Crippen LogP contribution in [0, 0.1) is 6.92 Å². The monoisotopic (exact) mass is 305 g/mol. The second-order valence-corrected chi connectivity index (χ2v) is 5.13. The van der Waals surface area contributed by atoms with Crippen LogP contribution in [0.4, 0.5) is 5.69 Å². The van der Waals surface area contributed by atoms with E-state index in [0.29, 0.717) is 5.69 Å². The lowest BCUT2D eigenvalue weighted by atomic mass is 10.2. The molecule has 0 aliphatic carbocycles. The van der Waals surface area contributed by atoms with E-state index >= 15 is 0 Å². The van der Waals surface area contributed by atoms with Crippen molar-refractivity contribution >= 4 is 11.6 Å². The molecule has 0 unspecified atom stereocenters. The summed E-state index contributed by atoms with van der Waals surface area (Å²) in [6.07, 6.45) is 1.55. The molecule has 2 aromatic carbocycles. The van der Waals surface area contributed by atoms with E-state index in [1.165, 1.54) is 10.7 Å². The Labute approximate surface area is 133 Å². The number of rotatable bonds is 3. The van der Waals surface area contributed by atoms with E-state index in [0.717, 1.165) is 11.3 Å². The summed E-state index contributed by atoms with van der Waals surface area (Å²) in [7, 11) is 0. The Bertz CT molecular complexity index is 884. The Kier molecular flexibility index (Phi) is 4.01. The molecule has 0 atom stereocenters. The van der Waals surface area contributed by atoms with Crippen molar-refractivity contribution in [2.75, 3.05) is 5.32 Å². The van der Waals surface area contributed by atoms with Crippen molar-refractivity contribution in [3.05, 3.63) is 88.3 Å². The normalized spacial score (nSPS) is 10.3. The van der Waals surface area contributed by atoms with Gasteiger partial charge in [-0.3, -0.25) is 9.59 Å². The quantitative estimate of drug-likeness (QED) is 0.809.